The highest BCUT2D eigenvalue weighted by Crippen LogP contribution is 2.41. The molecule has 1 amide bonds. The van der Waals surface area contributed by atoms with Crippen LogP contribution in [-0.2, 0) is 5.60 Å². The number of anilines is 1. The van der Waals surface area contributed by atoms with Crippen molar-refractivity contribution >= 4 is 28.9 Å². The predicted molar refractivity (Wildman–Crippen MR) is 141 cm³/mol. The molecule has 34 heavy (non-hydrogen) atoms. The largest absolute Gasteiger partial charge is 0.380 e. The lowest BCUT2D eigenvalue weighted by Gasteiger charge is -2.43. The monoisotopic (exact) mass is 473 g/mol. The first-order chi connectivity index (χ1) is 16.4. The van der Waals surface area contributed by atoms with E-state index in [1.165, 1.54) is 0 Å². The van der Waals surface area contributed by atoms with Gasteiger partial charge in [0.15, 0.2) is 5.11 Å². The molecule has 3 aromatic carbocycles. The third-order valence-electron chi connectivity index (χ3n) is 6.59. The van der Waals surface area contributed by atoms with E-state index in [0.29, 0.717) is 10.7 Å². The first-order valence-corrected chi connectivity index (χ1v) is 12.0. The Balaban J connectivity index is 1.43. The third-order valence-corrected chi connectivity index (χ3v) is 6.95. The zero-order valence-electron chi connectivity index (χ0n) is 19.6. The van der Waals surface area contributed by atoms with Crippen LogP contribution >= 0.6 is 12.2 Å². The molecule has 0 saturated carbocycles. The molecule has 3 aromatic rings. The molecule has 176 valence electrons. The van der Waals surface area contributed by atoms with Crippen molar-refractivity contribution in [1.29, 1.82) is 0 Å². The van der Waals surface area contributed by atoms with Crippen molar-refractivity contribution in [2.75, 3.05) is 32.5 Å². The zero-order valence-corrected chi connectivity index (χ0v) is 20.5. The van der Waals surface area contributed by atoms with E-state index in [-0.39, 0.29) is 11.8 Å². The first-order valence-electron chi connectivity index (χ1n) is 11.6. The topological polar surface area (TPSA) is 55.8 Å². The van der Waals surface area contributed by atoms with Crippen molar-refractivity contribution in [1.82, 2.24) is 9.80 Å². The van der Waals surface area contributed by atoms with E-state index in [4.69, 9.17) is 12.2 Å². The minimum atomic E-state index is -1.04. The Hall–Kier alpha value is -3.22. The van der Waals surface area contributed by atoms with Gasteiger partial charge in [-0.1, -0.05) is 60.7 Å². The molecule has 0 radical (unpaired) electrons. The molecule has 1 fully saturated rings. The number of piperidine rings is 1. The van der Waals surface area contributed by atoms with E-state index in [1.54, 1.807) is 31.1 Å². The molecular weight excluding hydrogens is 442 g/mol. The molecule has 5 nitrogen and oxygen atoms in total. The number of carbonyl (C=O) groups is 1. The van der Waals surface area contributed by atoms with Gasteiger partial charge in [0, 0.05) is 38.4 Å². The molecular formula is C28H31N3O2S. The molecule has 6 heteroatoms. The standard InChI is InChI=1S/C28H31N3O2S/c1-30(2)26(32)21-13-15-25(16-14-21)29-27(34)31-19-17-24(18-20-31)28(33,22-9-5-3-6-10-22)23-11-7-4-8-12-23/h3-16,24,33H,17-20H2,1-2H3,(H,29,34). The molecule has 1 aliphatic rings. The van der Waals surface area contributed by atoms with Crippen LogP contribution in [-0.4, -0.2) is 53.1 Å². The number of likely N-dealkylation sites (tertiary alicyclic amines) is 1. The number of aliphatic hydroxyl groups is 1. The Labute approximate surface area is 207 Å². The summed E-state index contributed by atoms with van der Waals surface area (Å²) in [5.41, 5.74) is 2.30. The minimum Gasteiger partial charge on any atom is -0.380 e. The number of thiocarbonyl (C=S) groups is 1. The fourth-order valence-corrected chi connectivity index (χ4v) is 4.98. The van der Waals surface area contributed by atoms with Crippen molar-refractivity contribution in [3.63, 3.8) is 0 Å². The number of hydrogen-bond acceptors (Lipinski definition) is 3. The Morgan fingerprint density at radius 2 is 1.41 bits per heavy atom. The minimum absolute atomic E-state index is 0.0273. The van der Waals surface area contributed by atoms with E-state index in [1.807, 2.05) is 72.8 Å². The number of amides is 1. The van der Waals surface area contributed by atoms with Gasteiger partial charge in [0.1, 0.15) is 5.60 Å². The van der Waals surface area contributed by atoms with Gasteiger partial charge in [0.2, 0.25) is 0 Å². The van der Waals surface area contributed by atoms with Crippen molar-refractivity contribution in [3.05, 3.63) is 102 Å². The molecule has 1 saturated heterocycles. The predicted octanol–water partition coefficient (Wildman–Crippen LogP) is 4.73. The van der Waals surface area contributed by atoms with Crippen LogP contribution in [0.2, 0.25) is 0 Å². The molecule has 2 N–H and O–H groups in total. The average molecular weight is 474 g/mol. The lowest BCUT2D eigenvalue weighted by molar-refractivity contribution is -0.00631. The van der Waals surface area contributed by atoms with Crippen molar-refractivity contribution in [3.8, 4) is 0 Å². The summed E-state index contributed by atoms with van der Waals surface area (Å²) in [6.07, 6.45) is 1.64. The van der Waals surface area contributed by atoms with Gasteiger partial charge in [-0.25, -0.2) is 0 Å². The number of nitrogens with one attached hydrogen (secondary N) is 1. The van der Waals surface area contributed by atoms with Crippen LogP contribution in [0.4, 0.5) is 5.69 Å². The highest BCUT2D eigenvalue weighted by molar-refractivity contribution is 7.80. The van der Waals surface area contributed by atoms with Crippen molar-refractivity contribution in [2.24, 2.45) is 5.92 Å². The zero-order chi connectivity index (χ0) is 24.1. The summed E-state index contributed by atoms with van der Waals surface area (Å²) in [5.74, 6) is 0.0493. The molecule has 4 rings (SSSR count). The van der Waals surface area contributed by atoms with Crippen LogP contribution in [0.3, 0.4) is 0 Å². The van der Waals surface area contributed by atoms with E-state index < -0.39 is 5.60 Å². The fourth-order valence-electron chi connectivity index (χ4n) is 4.68. The maximum absolute atomic E-state index is 12.1. The number of benzene rings is 3. The van der Waals surface area contributed by atoms with Crippen LogP contribution in [0.15, 0.2) is 84.9 Å². The Bertz CT molecular complexity index is 1070. The normalized spacial score (nSPS) is 14.5. The second-order valence-electron chi connectivity index (χ2n) is 8.97. The quantitative estimate of drug-likeness (QED) is 0.525. The number of carbonyl (C=O) groups excluding carboxylic acids is 1. The molecule has 0 aliphatic carbocycles. The molecule has 0 unspecified atom stereocenters. The van der Waals surface area contributed by atoms with Gasteiger partial charge >= 0.3 is 0 Å². The first kappa shape index (κ1) is 23.9. The van der Waals surface area contributed by atoms with E-state index >= 15 is 0 Å². The SMILES string of the molecule is CN(C)C(=O)c1ccc(NC(=S)N2CCC(C(O)(c3ccccc3)c3ccccc3)CC2)cc1. The molecule has 0 aromatic heterocycles. The lowest BCUT2D eigenvalue weighted by atomic mass is 9.72. The van der Waals surface area contributed by atoms with Gasteiger partial charge in [-0.3, -0.25) is 4.79 Å². The molecule has 0 bridgehead atoms. The summed E-state index contributed by atoms with van der Waals surface area (Å²) in [6.45, 7) is 1.52. The molecule has 0 atom stereocenters. The van der Waals surface area contributed by atoms with E-state index in [9.17, 15) is 9.90 Å². The maximum Gasteiger partial charge on any atom is 0.253 e. The number of nitrogens with zero attached hydrogens (tertiary/aromatic N) is 2. The molecule has 0 spiro atoms. The van der Waals surface area contributed by atoms with Gasteiger partial charge in [-0.15, -0.1) is 0 Å². The summed E-state index contributed by atoms with van der Waals surface area (Å²) in [5, 5.41) is 16.0. The van der Waals surface area contributed by atoms with Crippen LogP contribution in [0.5, 0.6) is 0 Å². The van der Waals surface area contributed by atoms with Crippen LogP contribution in [0.25, 0.3) is 0 Å². The highest BCUT2D eigenvalue weighted by atomic mass is 32.1. The van der Waals surface area contributed by atoms with Crippen LogP contribution < -0.4 is 5.32 Å². The van der Waals surface area contributed by atoms with E-state index in [2.05, 4.69) is 10.2 Å². The van der Waals surface area contributed by atoms with Crippen molar-refractivity contribution < 1.29 is 9.90 Å². The number of rotatable bonds is 5. The van der Waals surface area contributed by atoms with Gasteiger partial charge in [0.25, 0.3) is 5.91 Å². The van der Waals surface area contributed by atoms with Gasteiger partial charge in [-0.05, 0) is 66.4 Å². The summed E-state index contributed by atoms with van der Waals surface area (Å²) in [6, 6.07) is 27.3. The molecule has 1 heterocycles. The van der Waals surface area contributed by atoms with Crippen LogP contribution in [0.1, 0.15) is 34.3 Å². The number of hydrogen-bond donors (Lipinski definition) is 2. The smallest absolute Gasteiger partial charge is 0.253 e. The summed E-state index contributed by atoms with van der Waals surface area (Å²) < 4.78 is 0. The van der Waals surface area contributed by atoms with Gasteiger partial charge in [0.05, 0.1) is 0 Å². The second kappa shape index (κ2) is 10.4. The summed E-state index contributed by atoms with van der Waals surface area (Å²) in [4.78, 5) is 15.8. The summed E-state index contributed by atoms with van der Waals surface area (Å²) >= 11 is 5.68. The van der Waals surface area contributed by atoms with Crippen LogP contribution in [0, 0.1) is 5.92 Å². The Kier molecular flexibility index (Phi) is 7.29. The Morgan fingerprint density at radius 3 is 1.88 bits per heavy atom. The van der Waals surface area contributed by atoms with Gasteiger partial charge < -0.3 is 20.2 Å². The van der Waals surface area contributed by atoms with Gasteiger partial charge in [-0.2, -0.15) is 0 Å². The van der Waals surface area contributed by atoms with E-state index in [0.717, 1.165) is 42.7 Å². The van der Waals surface area contributed by atoms with Crippen molar-refractivity contribution in [2.45, 2.75) is 18.4 Å². The maximum atomic E-state index is 12.1. The average Bonchev–Trinajstić information content (AvgIpc) is 2.89. The highest BCUT2D eigenvalue weighted by Gasteiger charge is 2.41. The lowest BCUT2D eigenvalue weighted by Crippen LogP contribution is -2.47. The third kappa shape index (κ3) is 4.98. The second-order valence-corrected chi connectivity index (χ2v) is 9.35. The fraction of sp³-hybridized carbons (Fsp3) is 0.286. The molecule has 1 aliphatic heterocycles. The Morgan fingerprint density at radius 1 is 0.912 bits per heavy atom. The summed E-state index contributed by atoms with van der Waals surface area (Å²) in [7, 11) is 3.48.